The average Bonchev–Trinajstić information content (AvgIpc) is 2.54. The number of hydrogen-bond donors (Lipinski definition) is 3. The van der Waals surface area contributed by atoms with Crippen molar-refractivity contribution in [1.82, 2.24) is 20.4 Å². The quantitative estimate of drug-likeness (QED) is 0.311. The van der Waals surface area contributed by atoms with Crippen LogP contribution in [0.5, 0.6) is 0 Å². The van der Waals surface area contributed by atoms with Gasteiger partial charge in [-0.25, -0.2) is 0 Å². The van der Waals surface area contributed by atoms with Gasteiger partial charge in [0.15, 0.2) is 0 Å². The fourth-order valence-corrected chi connectivity index (χ4v) is 1.95. The maximum atomic E-state index is 5.68. The average molecular weight is 328 g/mol. The second-order valence-electron chi connectivity index (χ2n) is 5.58. The van der Waals surface area contributed by atoms with Crippen molar-refractivity contribution < 1.29 is 0 Å². The molecule has 0 atom stereocenters. The first kappa shape index (κ1) is 24.5. The summed E-state index contributed by atoms with van der Waals surface area (Å²) in [4.78, 5) is 4.80. The molecule has 0 aromatic rings. The minimum atomic E-state index is 0.735. The summed E-state index contributed by atoms with van der Waals surface area (Å²) in [5.74, 6) is 0. The molecule has 5 heteroatoms. The molecule has 0 saturated carbocycles. The van der Waals surface area contributed by atoms with Gasteiger partial charge in [0.05, 0.1) is 0 Å². The van der Waals surface area contributed by atoms with Gasteiger partial charge in [0.25, 0.3) is 0 Å². The van der Waals surface area contributed by atoms with E-state index >= 15 is 0 Å². The van der Waals surface area contributed by atoms with E-state index in [0.29, 0.717) is 0 Å². The number of nitrogens with one attached hydrogen (secondary N) is 2. The second kappa shape index (κ2) is 21.3. The highest BCUT2D eigenvalue weighted by molar-refractivity contribution is 4.70. The van der Waals surface area contributed by atoms with Gasteiger partial charge in [0, 0.05) is 58.9 Å². The second-order valence-corrected chi connectivity index (χ2v) is 5.58. The standard InChI is InChI=1S/C15H35N5.C3H6/c1-4-7-17-9-12-19(3)14-15-20(11-6-16)13-10-18-8-5-2;1-3-2/h4,17-18H,1,5-16H2,2-3H3;3H,1H2,2H3. The van der Waals surface area contributed by atoms with Crippen molar-refractivity contribution in [3.8, 4) is 0 Å². The van der Waals surface area contributed by atoms with Crippen LogP contribution in [0.3, 0.4) is 0 Å². The molecule has 0 rings (SSSR count). The van der Waals surface area contributed by atoms with E-state index in [4.69, 9.17) is 5.73 Å². The van der Waals surface area contributed by atoms with Crippen molar-refractivity contribution in [2.45, 2.75) is 20.3 Å². The zero-order valence-corrected chi connectivity index (χ0v) is 15.8. The molecule has 0 amide bonds. The van der Waals surface area contributed by atoms with Crippen LogP contribution < -0.4 is 16.4 Å². The molecule has 0 fully saturated rings. The molecule has 0 saturated heterocycles. The van der Waals surface area contributed by atoms with Crippen LogP contribution in [-0.4, -0.2) is 82.3 Å². The van der Waals surface area contributed by atoms with Crippen molar-refractivity contribution in [2.24, 2.45) is 5.73 Å². The van der Waals surface area contributed by atoms with E-state index in [1.165, 1.54) is 6.42 Å². The summed E-state index contributed by atoms with van der Waals surface area (Å²) in [6.07, 6.45) is 4.84. The Labute approximate surface area is 145 Å². The van der Waals surface area contributed by atoms with Crippen molar-refractivity contribution >= 4 is 0 Å². The van der Waals surface area contributed by atoms with Crippen LogP contribution in [0, 0.1) is 0 Å². The summed E-state index contributed by atoms with van der Waals surface area (Å²) < 4.78 is 0. The lowest BCUT2D eigenvalue weighted by Gasteiger charge is -2.25. The summed E-state index contributed by atoms with van der Waals surface area (Å²) in [5.41, 5.74) is 5.68. The van der Waals surface area contributed by atoms with Crippen LogP contribution >= 0.6 is 0 Å². The highest BCUT2D eigenvalue weighted by Gasteiger charge is 2.05. The van der Waals surface area contributed by atoms with Gasteiger partial charge in [-0.1, -0.05) is 19.1 Å². The maximum absolute atomic E-state index is 5.68. The number of nitrogens with two attached hydrogens (primary N) is 1. The number of nitrogens with zero attached hydrogens (tertiary/aromatic N) is 2. The molecule has 0 aromatic carbocycles. The molecule has 0 bridgehead atoms. The number of rotatable bonds is 15. The van der Waals surface area contributed by atoms with E-state index in [1.807, 2.05) is 13.0 Å². The van der Waals surface area contributed by atoms with Crippen LogP contribution in [0.25, 0.3) is 0 Å². The van der Waals surface area contributed by atoms with Gasteiger partial charge in [-0.2, -0.15) is 0 Å². The summed E-state index contributed by atoms with van der Waals surface area (Å²) in [6, 6.07) is 0. The number of allylic oxidation sites excluding steroid dienone is 1. The van der Waals surface area contributed by atoms with Crippen molar-refractivity contribution in [2.75, 3.05) is 72.5 Å². The fourth-order valence-electron chi connectivity index (χ4n) is 1.95. The zero-order chi connectivity index (χ0) is 17.8. The smallest absolute Gasteiger partial charge is 0.0132 e. The molecule has 0 aromatic heterocycles. The lowest BCUT2D eigenvalue weighted by Crippen LogP contribution is -2.41. The molecular weight excluding hydrogens is 286 g/mol. The van der Waals surface area contributed by atoms with E-state index in [-0.39, 0.29) is 0 Å². The first-order valence-corrected chi connectivity index (χ1v) is 8.86. The van der Waals surface area contributed by atoms with Crippen LogP contribution in [0.15, 0.2) is 25.3 Å². The Kier molecular flexibility index (Phi) is 22.7. The normalized spacial score (nSPS) is 10.5. The van der Waals surface area contributed by atoms with E-state index in [0.717, 1.165) is 65.4 Å². The van der Waals surface area contributed by atoms with Gasteiger partial charge in [0.2, 0.25) is 0 Å². The van der Waals surface area contributed by atoms with E-state index in [1.54, 1.807) is 6.08 Å². The maximum Gasteiger partial charge on any atom is 0.0132 e. The molecule has 23 heavy (non-hydrogen) atoms. The zero-order valence-electron chi connectivity index (χ0n) is 15.8. The third-order valence-electron chi connectivity index (χ3n) is 3.23. The van der Waals surface area contributed by atoms with E-state index < -0.39 is 0 Å². The predicted octanol–water partition coefficient (Wildman–Crippen LogP) is 1.15. The van der Waals surface area contributed by atoms with Crippen LogP contribution in [0.4, 0.5) is 0 Å². The molecule has 0 unspecified atom stereocenters. The highest BCUT2D eigenvalue weighted by Crippen LogP contribution is 1.89. The van der Waals surface area contributed by atoms with E-state index in [2.05, 4.69) is 47.6 Å². The molecule has 0 radical (unpaired) electrons. The fraction of sp³-hybridized carbons (Fsp3) is 0.778. The molecule has 0 aliphatic heterocycles. The Balaban J connectivity index is 0. The van der Waals surface area contributed by atoms with Crippen LogP contribution in [0.2, 0.25) is 0 Å². The molecule has 0 aliphatic carbocycles. The summed E-state index contributed by atoms with van der Waals surface area (Å²) in [5, 5.41) is 6.77. The molecule has 0 aliphatic rings. The van der Waals surface area contributed by atoms with Gasteiger partial charge in [-0.3, -0.25) is 4.90 Å². The SMILES string of the molecule is C=CC.C=CCNCCN(C)CCN(CCN)CCNCCC. The minimum absolute atomic E-state index is 0.735. The molecule has 5 nitrogen and oxygen atoms in total. The van der Waals surface area contributed by atoms with Crippen LogP contribution in [-0.2, 0) is 0 Å². The topological polar surface area (TPSA) is 56.6 Å². The third kappa shape index (κ3) is 21.3. The Hall–Kier alpha value is -0.720. The highest BCUT2D eigenvalue weighted by atomic mass is 15.2. The molecule has 0 heterocycles. The molecular formula is C18H41N5. The molecule has 4 N–H and O–H groups in total. The van der Waals surface area contributed by atoms with Gasteiger partial charge in [0.1, 0.15) is 0 Å². The van der Waals surface area contributed by atoms with Crippen molar-refractivity contribution in [3.05, 3.63) is 25.3 Å². The van der Waals surface area contributed by atoms with Gasteiger partial charge >= 0.3 is 0 Å². The summed E-state index contributed by atoms with van der Waals surface area (Å²) in [6.45, 7) is 21.2. The third-order valence-corrected chi connectivity index (χ3v) is 3.23. The molecule has 138 valence electrons. The molecule has 0 spiro atoms. The van der Waals surface area contributed by atoms with Crippen molar-refractivity contribution in [1.29, 1.82) is 0 Å². The van der Waals surface area contributed by atoms with Crippen molar-refractivity contribution in [3.63, 3.8) is 0 Å². The Bertz CT molecular complexity index is 246. The predicted molar refractivity (Wildman–Crippen MR) is 105 cm³/mol. The monoisotopic (exact) mass is 327 g/mol. The lowest BCUT2D eigenvalue weighted by molar-refractivity contribution is 0.229. The minimum Gasteiger partial charge on any atom is -0.329 e. The van der Waals surface area contributed by atoms with Gasteiger partial charge < -0.3 is 21.3 Å². The summed E-state index contributed by atoms with van der Waals surface area (Å²) in [7, 11) is 2.17. The first-order chi connectivity index (χ1) is 11.2. The summed E-state index contributed by atoms with van der Waals surface area (Å²) >= 11 is 0. The number of likely N-dealkylation sites (N-methyl/N-ethyl adjacent to an activating group) is 1. The van der Waals surface area contributed by atoms with Gasteiger partial charge in [-0.05, 0) is 26.9 Å². The Morgan fingerprint density at radius 3 is 2.17 bits per heavy atom. The van der Waals surface area contributed by atoms with E-state index in [9.17, 15) is 0 Å². The van der Waals surface area contributed by atoms with Gasteiger partial charge in [-0.15, -0.1) is 13.2 Å². The largest absolute Gasteiger partial charge is 0.329 e. The van der Waals surface area contributed by atoms with Crippen LogP contribution in [0.1, 0.15) is 20.3 Å². The number of hydrogen-bond acceptors (Lipinski definition) is 5. The Morgan fingerprint density at radius 1 is 0.957 bits per heavy atom. The Morgan fingerprint density at radius 2 is 1.61 bits per heavy atom. The lowest BCUT2D eigenvalue weighted by atomic mass is 10.4. The first-order valence-electron chi connectivity index (χ1n) is 8.86.